The summed E-state index contributed by atoms with van der Waals surface area (Å²) in [7, 11) is 0. The van der Waals surface area contributed by atoms with Crippen LogP contribution in [0.25, 0.3) is 0 Å². The van der Waals surface area contributed by atoms with Gasteiger partial charge in [-0.25, -0.2) is 4.79 Å². The molecule has 0 heterocycles. The number of hydrogen-bond donors (Lipinski definition) is 2. The van der Waals surface area contributed by atoms with Crippen LogP contribution in [0.5, 0.6) is 11.5 Å². The minimum Gasteiger partial charge on any atom is -0.480 e. The summed E-state index contributed by atoms with van der Waals surface area (Å²) in [5.41, 5.74) is 0.320. The average Bonchev–Trinajstić information content (AvgIpc) is 2.63. The Kier molecular flexibility index (Phi) is 10.1. The molecule has 0 saturated heterocycles. The Morgan fingerprint density at radius 3 is 2.16 bits per heavy atom. The predicted molar refractivity (Wildman–Crippen MR) is 114 cm³/mol. The Balaban J connectivity index is 2.76. The third kappa shape index (κ3) is 10.8. The number of esters is 2. The van der Waals surface area contributed by atoms with Crippen LogP contribution in [0.15, 0.2) is 18.2 Å². The van der Waals surface area contributed by atoms with Gasteiger partial charge in [0.2, 0.25) is 0 Å². The number of benzene rings is 1. The van der Waals surface area contributed by atoms with E-state index in [1.165, 1.54) is 26.0 Å². The van der Waals surface area contributed by atoms with Crippen molar-refractivity contribution < 1.29 is 43.2 Å². The fraction of sp³-hybridized carbons (Fsp3) is 0.545. The third-order valence-corrected chi connectivity index (χ3v) is 3.83. The number of nitrogens with one attached hydrogen (secondary N) is 1. The molecule has 1 aromatic rings. The van der Waals surface area contributed by atoms with Gasteiger partial charge in [0.25, 0.3) is 0 Å². The lowest BCUT2D eigenvalue weighted by atomic mass is 9.99. The molecule has 10 heteroatoms. The lowest BCUT2D eigenvalue weighted by Crippen LogP contribution is -2.42. The van der Waals surface area contributed by atoms with Gasteiger partial charge >= 0.3 is 24.1 Å². The number of rotatable bonds is 10. The molecule has 1 aromatic carbocycles. The Morgan fingerprint density at radius 1 is 1.03 bits per heavy atom. The van der Waals surface area contributed by atoms with Gasteiger partial charge < -0.3 is 29.4 Å². The fourth-order valence-electron chi connectivity index (χ4n) is 2.46. The maximum absolute atomic E-state index is 11.7. The molecule has 0 radical (unpaired) electrons. The van der Waals surface area contributed by atoms with Crippen LogP contribution in [0.3, 0.4) is 0 Å². The van der Waals surface area contributed by atoms with Crippen LogP contribution >= 0.6 is 0 Å². The molecule has 1 rings (SSSR count). The number of carbonyl (C=O) groups excluding carboxylic acids is 3. The van der Waals surface area contributed by atoms with Gasteiger partial charge in [0, 0.05) is 20.4 Å². The molecule has 0 fully saturated rings. The zero-order chi connectivity index (χ0) is 24.5. The smallest absolute Gasteiger partial charge is 0.480 e. The van der Waals surface area contributed by atoms with Crippen LogP contribution in [-0.4, -0.2) is 54.5 Å². The van der Waals surface area contributed by atoms with Gasteiger partial charge in [-0.3, -0.25) is 14.4 Å². The summed E-state index contributed by atoms with van der Waals surface area (Å²) in [5.74, 6) is -2.27. The first-order valence-electron chi connectivity index (χ1n) is 10.1. The summed E-state index contributed by atoms with van der Waals surface area (Å²) in [5, 5.41) is 12.4. The zero-order valence-corrected chi connectivity index (χ0v) is 19.2. The van der Waals surface area contributed by atoms with Gasteiger partial charge in [-0.2, -0.15) is 0 Å². The van der Waals surface area contributed by atoms with Crippen LogP contribution < -0.4 is 14.8 Å². The molecule has 32 heavy (non-hydrogen) atoms. The minimum absolute atomic E-state index is 0.00707. The molecule has 0 amide bonds. The third-order valence-electron chi connectivity index (χ3n) is 3.83. The SMILES string of the molecule is CC(=O)Oc1ccc(C[C@H](NCC(C)OC(=O)OCC(C)(C)C)C(=O)O)cc1OC(C)=O. The van der Waals surface area contributed by atoms with Crippen LogP contribution in [0.4, 0.5) is 4.79 Å². The molecule has 178 valence electrons. The highest BCUT2D eigenvalue weighted by Gasteiger charge is 2.22. The number of carboxylic acid groups (broad SMARTS) is 1. The second-order valence-electron chi connectivity index (χ2n) is 8.50. The maximum atomic E-state index is 11.7. The van der Waals surface area contributed by atoms with Gasteiger partial charge in [0.1, 0.15) is 12.1 Å². The van der Waals surface area contributed by atoms with Crippen LogP contribution in [0.2, 0.25) is 0 Å². The first-order chi connectivity index (χ1) is 14.8. The molecule has 0 aliphatic rings. The minimum atomic E-state index is -1.12. The largest absolute Gasteiger partial charge is 0.508 e. The average molecular weight is 453 g/mol. The standard InChI is InChI=1S/C22H31NO9/c1-13(30-21(28)29-12-22(4,5)6)11-23-17(20(26)27)9-16-7-8-18(31-14(2)24)19(10-16)32-15(3)25/h7-8,10,13,17,23H,9,11-12H2,1-6H3,(H,26,27)/t13?,17-/m0/s1. The number of carbonyl (C=O) groups is 4. The second kappa shape index (κ2) is 12.0. The second-order valence-corrected chi connectivity index (χ2v) is 8.50. The van der Waals surface area contributed by atoms with Gasteiger partial charge in [0.05, 0.1) is 6.61 Å². The number of carboxylic acids is 1. The van der Waals surface area contributed by atoms with E-state index in [0.29, 0.717) is 5.56 Å². The van der Waals surface area contributed by atoms with Crippen LogP contribution in [0.1, 0.15) is 47.1 Å². The molecule has 0 bridgehead atoms. The van der Waals surface area contributed by atoms with Gasteiger partial charge in [-0.05, 0) is 36.5 Å². The predicted octanol–water partition coefficient (Wildman–Crippen LogP) is 2.71. The highest BCUT2D eigenvalue weighted by Crippen LogP contribution is 2.29. The Labute approximate surface area is 187 Å². The Morgan fingerprint density at radius 2 is 1.62 bits per heavy atom. The summed E-state index contributed by atoms with van der Waals surface area (Å²) in [6, 6.07) is 3.40. The van der Waals surface area contributed by atoms with Gasteiger partial charge in [0.15, 0.2) is 11.5 Å². The Bertz CT molecular complexity index is 829. The highest BCUT2D eigenvalue weighted by atomic mass is 16.7. The number of ether oxygens (including phenoxy) is 4. The maximum Gasteiger partial charge on any atom is 0.508 e. The lowest BCUT2D eigenvalue weighted by Gasteiger charge is -2.21. The van der Waals surface area contributed by atoms with E-state index >= 15 is 0 Å². The monoisotopic (exact) mass is 453 g/mol. The van der Waals surface area contributed by atoms with Gasteiger partial charge in [-0.1, -0.05) is 26.8 Å². The van der Waals surface area contributed by atoms with E-state index in [9.17, 15) is 24.3 Å². The van der Waals surface area contributed by atoms with E-state index in [4.69, 9.17) is 18.9 Å². The van der Waals surface area contributed by atoms with Crippen molar-refractivity contribution in [2.24, 2.45) is 5.41 Å². The quantitative estimate of drug-likeness (QED) is 0.402. The van der Waals surface area contributed by atoms with E-state index in [1.54, 1.807) is 13.0 Å². The molecule has 2 N–H and O–H groups in total. The van der Waals surface area contributed by atoms with Gasteiger partial charge in [-0.15, -0.1) is 0 Å². The molecular weight excluding hydrogens is 422 g/mol. The molecule has 2 atom stereocenters. The lowest BCUT2D eigenvalue weighted by molar-refractivity contribution is -0.139. The summed E-state index contributed by atoms with van der Waals surface area (Å²) < 4.78 is 20.2. The van der Waals surface area contributed by atoms with Crippen molar-refractivity contribution in [3.05, 3.63) is 23.8 Å². The van der Waals surface area contributed by atoms with Crippen molar-refractivity contribution in [3.8, 4) is 11.5 Å². The van der Waals surface area contributed by atoms with Crippen molar-refractivity contribution in [2.75, 3.05) is 13.2 Å². The fourth-order valence-corrected chi connectivity index (χ4v) is 2.46. The Hall–Kier alpha value is -3.14. The van der Waals surface area contributed by atoms with Crippen molar-refractivity contribution >= 4 is 24.1 Å². The topological polar surface area (TPSA) is 137 Å². The van der Waals surface area contributed by atoms with Crippen molar-refractivity contribution in [2.45, 2.75) is 60.1 Å². The van der Waals surface area contributed by atoms with E-state index in [2.05, 4.69) is 5.32 Å². The molecule has 10 nitrogen and oxygen atoms in total. The van der Waals surface area contributed by atoms with Crippen LogP contribution in [-0.2, 0) is 30.3 Å². The highest BCUT2D eigenvalue weighted by molar-refractivity contribution is 5.75. The molecule has 0 aliphatic carbocycles. The number of aliphatic carboxylic acids is 1. The molecule has 0 aromatic heterocycles. The summed E-state index contributed by atoms with van der Waals surface area (Å²) in [6.07, 6.45) is -1.43. The first-order valence-corrected chi connectivity index (χ1v) is 10.1. The molecular formula is C22H31NO9. The molecule has 1 unspecified atom stereocenters. The zero-order valence-electron chi connectivity index (χ0n) is 19.2. The van der Waals surface area contributed by atoms with E-state index in [1.807, 2.05) is 20.8 Å². The molecule has 0 spiro atoms. The van der Waals surface area contributed by atoms with E-state index in [-0.39, 0.29) is 36.5 Å². The molecule has 0 saturated carbocycles. The van der Waals surface area contributed by atoms with E-state index < -0.39 is 36.2 Å². The van der Waals surface area contributed by atoms with Crippen molar-refractivity contribution in [3.63, 3.8) is 0 Å². The summed E-state index contributed by atoms with van der Waals surface area (Å²) >= 11 is 0. The normalized spacial score (nSPS) is 12.9. The summed E-state index contributed by atoms with van der Waals surface area (Å²) in [6.45, 7) is 10.0. The molecule has 0 aliphatic heterocycles. The van der Waals surface area contributed by atoms with Crippen LogP contribution in [0, 0.1) is 5.41 Å². The summed E-state index contributed by atoms with van der Waals surface area (Å²) in [4.78, 5) is 46.0. The first kappa shape index (κ1) is 26.9. The number of hydrogen-bond acceptors (Lipinski definition) is 9. The van der Waals surface area contributed by atoms with E-state index in [0.717, 1.165) is 0 Å². The van der Waals surface area contributed by atoms with Crippen molar-refractivity contribution in [1.29, 1.82) is 0 Å². The van der Waals surface area contributed by atoms with Crippen molar-refractivity contribution in [1.82, 2.24) is 5.32 Å².